The predicted octanol–water partition coefficient (Wildman–Crippen LogP) is 2.96. The van der Waals surface area contributed by atoms with Gasteiger partial charge in [-0.1, -0.05) is 36.8 Å². The molecule has 0 radical (unpaired) electrons. The summed E-state index contributed by atoms with van der Waals surface area (Å²) < 4.78 is 4.54. The molecule has 104 valence electrons. The maximum Gasteiger partial charge on any atom is 0.293 e. The highest BCUT2D eigenvalue weighted by Gasteiger charge is 1.93. The van der Waals surface area contributed by atoms with Crippen molar-refractivity contribution in [2.45, 2.75) is 25.9 Å². The van der Waals surface area contributed by atoms with Gasteiger partial charge in [0.15, 0.2) is 0 Å². The Hall–Kier alpha value is -0.770. The molecule has 1 saturated heterocycles. The Bertz CT molecular complexity index is 268. The van der Waals surface area contributed by atoms with Gasteiger partial charge in [0, 0.05) is 0 Å². The van der Waals surface area contributed by atoms with Crippen LogP contribution in [-0.4, -0.2) is 19.6 Å². The normalized spacial score (nSPS) is 12.9. The van der Waals surface area contributed by atoms with Gasteiger partial charge >= 0.3 is 0 Å². The summed E-state index contributed by atoms with van der Waals surface area (Å²) in [6, 6.07) is 9.55. The first-order valence-corrected chi connectivity index (χ1v) is 5.73. The molecule has 1 aromatic carbocycles. The number of ether oxygens (including phenoxy) is 1. The number of hydrogen-bond acceptors (Lipinski definition) is 3. The second-order valence-electron chi connectivity index (χ2n) is 3.70. The van der Waals surface area contributed by atoms with E-state index < -0.39 is 0 Å². The molecule has 1 heterocycles. The highest BCUT2D eigenvalue weighted by atomic mass is 35.5. The Morgan fingerprint density at radius 1 is 1.06 bits per heavy atom. The van der Waals surface area contributed by atoms with Gasteiger partial charge in [-0.3, -0.25) is 4.79 Å². The fourth-order valence-electron chi connectivity index (χ4n) is 1.51. The summed E-state index contributed by atoms with van der Waals surface area (Å²) in [5.41, 5.74) is 1.01. The summed E-state index contributed by atoms with van der Waals surface area (Å²) >= 11 is 0. The number of hydrogen-bond donors (Lipinski definition) is 1. The first-order chi connectivity index (χ1) is 7.93. The summed E-state index contributed by atoms with van der Waals surface area (Å²) in [6.45, 7) is 3.32. The van der Waals surface area contributed by atoms with E-state index in [1.165, 1.54) is 32.4 Å². The number of piperidine rings is 1. The molecule has 0 aliphatic carbocycles. The minimum Gasteiger partial charge on any atom is -0.463 e. The monoisotopic (exact) mass is 293 g/mol. The van der Waals surface area contributed by atoms with Crippen LogP contribution in [0.4, 0.5) is 0 Å². The predicted molar refractivity (Wildman–Crippen MR) is 78.5 cm³/mol. The van der Waals surface area contributed by atoms with Gasteiger partial charge in [-0.15, -0.1) is 24.8 Å². The Kier molecular flexibility index (Phi) is 15.5. The molecule has 0 unspecified atom stereocenters. The van der Waals surface area contributed by atoms with E-state index in [2.05, 4.69) is 10.1 Å². The maximum atomic E-state index is 9.76. The number of nitrogens with one attached hydrogen (secondary N) is 1. The zero-order valence-electron chi connectivity index (χ0n) is 10.3. The van der Waals surface area contributed by atoms with E-state index in [4.69, 9.17) is 0 Å². The van der Waals surface area contributed by atoms with Crippen molar-refractivity contribution in [1.82, 2.24) is 5.32 Å². The largest absolute Gasteiger partial charge is 0.463 e. The number of benzene rings is 1. The summed E-state index contributed by atoms with van der Waals surface area (Å²) in [4.78, 5) is 9.76. The molecule has 0 atom stereocenters. The van der Waals surface area contributed by atoms with E-state index in [9.17, 15) is 4.79 Å². The molecule has 18 heavy (non-hydrogen) atoms. The van der Waals surface area contributed by atoms with Gasteiger partial charge in [-0.2, -0.15) is 0 Å². The van der Waals surface area contributed by atoms with E-state index in [-0.39, 0.29) is 24.8 Å². The van der Waals surface area contributed by atoms with Crippen molar-refractivity contribution in [3.8, 4) is 0 Å². The molecule has 1 fully saturated rings. The second-order valence-corrected chi connectivity index (χ2v) is 3.70. The number of carbonyl (C=O) groups is 1. The lowest BCUT2D eigenvalue weighted by molar-refractivity contribution is -0.129. The van der Waals surface area contributed by atoms with Crippen LogP contribution < -0.4 is 5.32 Å². The van der Waals surface area contributed by atoms with Gasteiger partial charge in [-0.25, -0.2) is 0 Å². The van der Waals surface area contributed by atoms with Crippen LogP contribution in [0.2, 0.25) is 0 Å². The minimum atomic E-state index is 0. The Morgan fingerprint density at radius 2 is 1.67 bits per heavy atom. The van der Waals surface area contributed by atoms with E-state index in [0.717, 1.165) is 5.56 Å². The molecule has 1 aliphatic rings. The topological polar surface area (TPSA) is 38.3 Å². The van der Waals surface area contributed by atoms with Crippen LogP contribution in [0.3, 0.4) is 0 Å². The number of halogens is 2. The zero-order valence-corrected chi connectivity index (χ0v) is 12.0. The molecule has 3 nitrogen and oxygen atoms in total. The Balaban J connectivity index is 0. The summed E-state index contributed by atoms with van der Waals surface area (Å²) in [5.74, 6) is 0. The van der Waals surface area contributed by atoms with Crippen molar-refractivity contribution >= 4 is 31.3 Å². The van der Waals surface area contributed by atoms with E-state index in [1.54, 1.807) is 0 Å². The van der Waals surface area contributed by atoms with Crippen molar-refractivity contribution in [3.63, 3.8) is 0 Å². The SMILES string of the molecule is C1CCNCC1.Cl.Cl.O=COCc1ccccc1. The van der Waals surface area contributed by atoms with Crippen molar-refractivity contribution in [3.05, 3.63) is 35.9 Å². The Labute approximate surface area is 121 Å². The quantitative estimate of drug-likeness (QED) is 0.871. The van der Waals surface area contributed by atoms with Gasteiger partial charge in [0.1, 0.15) is 6.61 Å². The first-order valence-electron chi connectivity index (χ1n) is 5.73. The molecule has 5 heteroatoms. The van der Waals surface area contributed by atoms with Crippen molar-refractivity contribution in [2.75, 3.05) is 13.1 Å². The standard InChI is InChI=1S/C8H8O2.C5H11N.2ClH/c9-7-10-6-8-4-2-1-3-5-8;1-2-4-6-5-3-1;;/h1-5,7H,6H2;6H,1-5H2;2*1H. The number of rotatable bonds is 3. The molecule has 0 bridgehead atoms. The summed E-state index contributed by atoms with van der Waals surface area (Å²) in [6.07, 6.45) is 4.22. The number of carbonyl (C=O) groups excluding carboxylic acids is 1. The van der Waals surface area contributed by atoms with Crippen LogP contribution in [0.15, 0.2) is 30.3 Å². The fourth-order valence-corrected chi connectivity index (χ4v) is 1.51. The van der Waals surface area contributed by atoms with Crippen LogP contribution in [0.25, 0.3) is 0 Å². The molecule has 1 N–H and O–H groups in total. The molecule has 0 spiro atoms. The maximum absolute atomic E-state index is 9.76. The average Bonchev–Trinajstić information content (AvgIpc) is 2.40. The van der Waals surface area contributed by atoms with E-state index >= 15 is 0 Å². The van der Waals surface area contributed by atoms with Gasteiger partial charge in [0.2, 0.25) is 0 Å². The van der Waals surface area contributed by atoms with Gasteiger partial charge < -0.3 is 10.1 Å². The molecule has 0 aromatic heterocycles. The third-order valence-corrected chi connectivity index (χ3v) is 2.37. The summed E-state index contributed by atoms with van der Waals surface area (Å²) in [7, 11) is 0. The molecule has 0 amide bonds. The lowest BCUT2D eigenvalue weighted by Gasteiger charge is -2.08. The third-order valence-electron chi connectivity index (χ3n) is 2.37. The van der Waals surface area contributed by atoms with Crippen LogP contribution in [0.1, 0.15) is 24.8 Å². The minimum absolute atomic E-state index is 0. The van der Waals surface area contributed by atoms with Crippen LogP contribution in [0, 0.1) is 0 Å². The van der Waals surface area contributed by atoms with Crippen molar-refractivity contribution in [2.24, 2.45) is 0 Å². The van der Waals surface area contributed by atoms with E-state index in [1.807, 2.05) is 30.3 Å². The van der Waals surface area contributed by atoms with E-state index in [0.29, 0.717) is 13.1 Å². The van der Waals surface area contributed by atoms with Crippen molar-refractivity contribution in [1.29, 1.82) is 0 Å². The summed E-state index contributed by atoms with van der Waals surface area (Å²) in [5, 5.41) is 3.28. The first kappa shape index (κ1) is 19.6. The highest BCUT2D eigenvalue weighted by molar-refractivity contribution is 5.85. The molecule has 0 saturated carbocycles. The van der Waals surface area contributed by atoms with Gasteiger partial charge in [0.05, 0.1) is 0 Å². The second kappa shape index (κ2) is 14.3. The highest BCUT2D eigenvalue weighted by Crippen LogP contribution is 1.98. The van der Waals surface area contributed by atoms with Gasteiger partial charge in [-0.05, 0) is 31.5 Å². The molecular weight excluding hydrogens is 273 g/mol. The molecule has 1 aliphatic heterocycles. The fraction of sp³-hybridized carbons (Fsp3) is 0.462. The van der Waals surface area contributed by atoms with Crippen LogP contribution in [-0.2, 0) is 16.1 Å². The molecule has 2 rings (SSSR count). The lowest BCUT2D eigenvalue weighted by Crippen LogP contribution is -2.21. The average molecular weight is 294 g/mol. The Morgan fingerprint density at radius 3 is 2.06 bits per heavy atom. The zero-order chi connectivity index (χ0) is 11.5. The molecular formula is C13H21Cl2NO2. The van der Waals surface area contributed by atoms with Crippen LogP contribution >= 0.6 is 24.8 Å². The third kappa shape index (κ3) is 10.4. The molecule has 1 aromatic rings. The smallest absolute Gasteiger partial charge is 0.293 e. The van der Waals surface area contributed by atoms with Crippen LogP contribution in [0.5, 0.6) is 0 Å². The lowest BCUT2D eigenvalue weighted by atomic mass is 10.2. The van der Waals surface area contributed by atoms with Crippen molar-refractivity contribution < 1.29 is 9.53 Å². The van der Waals surface area contributed by atoms with Gasteiger partial charge in [0.25, 0.3) is 6.47 Å².